The molecule has 0 radical (unpaired) electrons. The van der Waals surface area contributed by atoms with E-state index in [1.54, 1.807) is 42.1 Å². The molecule has 0 aliphatic rings. The lowest BCUT2D eigenvalue weighted by atomic mass is 10.1. The highest BCUT2D eigenvalue weighted by molar-refractivity contribution is 7.98. The van der Waals surface area contributed by atoms with Crippen LogP contribution in [0.5, 0.6) is 0 Å². The van der Waals surface area contributed by atoms with Gasteiger partial charge < -0.3 is 5.32 Å². The predicted molar refractivity (Wildman–Crippen MR) is 127 cm³/mol. The Morgan fingerprint density at radius 3 is 2.16 bits per heavy atom. The lowest BCUT2D eigenvalue weighted by Crippen LogP contribution is -2.37. The molecule has 0 fully saturated rings. The molecule has 162 valence electrons. The maximum absolute atomic E-state index is 13.3. The van der Waals surface area contributed by atoms with Crippen LogP contribution in [0.2, 0.25) is 0 Å². The molecule has 0 aliphatic heterocycles. The Morgan fingerprint density at radius 1 is 0.935 bits per heavy atom. The first-order valence-corrected chi connectivity index (χ1v) is 12.5. The topological polar surface area (TPSA) is 66.5 Å². The number of hydrogen-bond donors (Lipinski definition) is 1. The minimum atomic E-state index is -3.86. The normalized spacial score (nSPS) is 11.5. The number of nitrogens with zero attached hydrogens (tertiary/aromatic N) is 1. The highest BCUT2D eigenvalue weighted by Gasteiger charge is 2.27. The second-order valence-electron chi connectivity index (χ2n) is 7.35. The van der Waals surface area contributed by atoms with Gasteiger partial charge in [0.2, 0.25) is 15.9 Å². The lowest BCUT2D eigenvalue weighted by Gasteiger charge is -2.22. The SMILES string of the molecule is CSc1cccc(NC(=O)CN(Cc2ccc(C)cc2)S(=O)(=O)c2ccc(C)cc2)c1. The third-order valence-electron chi connectivity index (χ3n) is 4.81. The largest absolute Gasteiger partial charge is 0.325 e. The maximum atomic E-state index is 13.3. The summed E-state index contributed by atoms with van der Waals surface area (Å²) in [5.74, 6) is -0.388. The third-order valence-corrected chi connectivity index (χ3v) is 7.34. The van der Waals surface area contributed by atoms with E-state index in [2.05, 4.69) is 5.32 Å². The van der Waals surface area contributed by atoms with Gasteiger partial charge in [0.05, 0.1) is 11.4 Å². The van der Waals surface area contributed by atoms with Gasteiger partial charge in [-0.15, -0.1) is 11.8 Å². The van der Waals surface area contributed by atoms with E-state index in [0.717, 1.165) is 21.6 Å². The summed E-state index contributed by atoms with van der Waals surface area (Å²) >= 11 is 1.57. The van der Waals surface area contributed by atoms with Crippen LogP contribution in [0.15, 0.2) is 82.6 Å². The molecule has 0 heterocycles. The Labute approximate surface area is 188 Å². The number of carbonyl (C=O) groups is 1. The lowest BCUT2D eigenvalue weighted by molar-refractivity contribution is -0.116. The zero-order valence-corrected chi connectivity index (χ0v) is 19.5. The molecule has 0 aliphatic carbocycles. The summed E-state index contributed by atoms with van der Waals surface area (Å²) in [5.41, 5.74) is 3.51. The molecule has 3 aromatic rings. The molecule has 0 spiro atoms. The molecule has 1 amide bonds. The number of rotatable bonds is 8. The van der Waals surface area contributed by atoms with E-state index < -0.39 is 10.0 Å². The quantitative estimate of drug-likeness (QED) is 0.494. The van der Waals surface area contributed by atoms with Crippen LogP contribution in [0.4, 0.5) is 5.69 Å². The van der Waals surface area contributed by atoms with Crippen molar-refractivity contribution in [2.24, 2.45) is 0 Å². The predicted octanol–water partition coefficient (Wildman–Crippen LogP) is 4.85. The van der Waals surface area contributed by atoms with Crippen LogP contribution < -0.4 is 5.32 Å². The molecule has 5 nitrogen and oxygen atoms in total. The summed E-state index contributed by atoms with van der Waals surface area (Å²) in [6, 6.07) is 21.7. The minimum absolute atomic E-state index is 0.106. The van der Waals surface area contributed by atoms with Crippen LogP contribution >= 0.6 is 11.8 Å². The number of amides is 1. The van der Waals surface area contributed by atoms with Gasteiger partial charge in [-0.1, -0.05) is 53.6 Å². The number of nitrogens with one attached hydrogen (secondary N) is 1. The molecular weight excluding hydrogens is 428 g/mol. The first-order chi connectivity index (χ1) is 14.8. The van der Waals surface area contributed by atoms with E-state index in [1.807, 2.05) is 62.6 Å². The van der Waals surface area contributed by atoms with Crippen LogP contribution in [0.3, 0.4) is 0 Å². The van der Waals surface area contributed by atoms with Gasteiger partial charge in [0.15, 0.2) is 0 Å². The number of hydrogen-bond acceptors (Lipinski definition) is 4. The molecule has 3 aromatic carbocycles. The van der Waals surface area contributed by atoms with Gasteiger partial charge in [-0.2, -0.15) is 4.31 Å². The molecule has 31 heavy (non-hydrogen) atoms. The zero-order valence-electron chi connectivity index (χ0n) is 17.8. The number of sulfonamides is 1. The molecule has 0 atom stereocenters. The average molecular weight is 455 g/mol. The standard InChI is InChI=1S/C24H26N2O3S2/c1-18-7-11-20(12-8-18)16-26(31(28,29)23-13-9-19(2)10-14-23)17-24(27)25-21-5-4-6-22(15-21)30-3/h4-15H,16-17H2,1-3H3,(H,25,27). The average Bonchev–Trinajstić information content (AvgIpc) is 2.75. The molecule has 3 rings (SSSR count). The summed E-state index contributed by atoms with van der Waals surface area (Å²) in [6.45, 7) is 3.69. The monoisotopic (exact) mass is 454 g/mol. The molecule has 7 heteroatoms. The highest BCUT2D eigenvalue weighted by atomic mass is 32.2. The van der Waals surface area contributed by atoms with E-state index in [9.17, 15) is 13.2 Å². The summed E-state index contributed by atoms with van der Waals surface area (Å²) in [7, 11) is -3.86. The highest BCUT2D eigenvalue weighted by Crippen LogP contribution is 2.21. The van der Waals surface area contributed by atoms with E-state index in [-0.39, 0.29) is 23.9 Å². The molecule has 0 saturated heterocycles. The van der Waals surface area contributed by atoms with Gasteiger partial charge in [-0.3, -0.25) is 4.79 Å². The van der Waals surface area contributed by atoms with E-state index in [4.69, 9.17) is 0 Å². The number of aryl methyl sites for hydroxylation is 2. The van der Waals surface area contributed by atoms with Crippen LogP contribution in [-0.2, 0) is 21.4 Å². The van der Waals surface area contributed by atoms with Gasteiger partial charge in [-0.05, 0) is 56.0 Å². The molecule has 0 saturated carbocycles. The zero-order chi connectivity index (χ0) is 22.4. The minimum Gasteiger partial charge on any atom is -0.325 e. The van der Waals surface area contributed by atoms with Crippen molar-refractivity contribution in [1.82, 2.24) is 4.31 Å². The van der Waals surface area contributed by atoms with Crippen molar-refractivity contribution in [2.45, 2.75) is 30.2 Å². The van der Waals surface area contributed by atoms with Crippen molar-refractivity contribution >= 4 is 33.4 Å². The van der Waals surface area contributed by atoms with Gasteiger partial charge in [0.1, 0.15) is 0 Å². The first kappa shape index (κ1) is 23.1. The fourth-order valence-corrected chi connectivity index (χ4v) is 4.89. The molecule has 0 bridgehead atoms. The molecular formula is C24H26N2O3S2. The Morgan fingerprint density at radius 2 is 1.55 bits per heavy atom. The number of carbonyl (C=O) groups excluding carboxylic acids is 1. The van der Waals surface area contributed by atoms with Crippen LogP contribution in [-0.4, -0.2) is 31.4 Å². The Hall–Kier alpha value is -2.61. The molecule has 1 N–H and O–H groups in total. The maximum Gasteiger partial charge on any atom is 0.243 e. The fraction of sp³-hybridized carbons (Fsp3) is 0.208. The molecule has 0 unspecified atom stereocenters. The number of benzene rings is 3. The van der Waals surface area contributed by atoms with Gasteiger partial charge in [-0.25, -0.2) is 8.42 Å². The van der Waals surface area contributed by atoms with Crippen LogP contribution in [0.25, 0.3) is 0 Å². The van der Waals surface area contributed by atoms with E-state index in [0.29, 0.717) is 5.69 Å². The van der Waals surface area contributed by atoms with Crippen molar-refractivity contribution in [3.05, 3.63) is 89.5 Å². The van der Waals surface area contributed by atoms with Crippen molar-refractivity contribution in [3.8, 4) is 0 Å². The molecule has 0 aromatic heterocycles. The van der Waals surface area contributed by atoms with Gasteiger partial charge in [0.25, 0.3) is 0 Å². The summed E-state index contributed by atoms with van der Waals surface area (Å²) in [5, 5.41) is 2.82. The second kappa shape index (κ2) is 10.1. The second-order valence-corrected chi connectivity index (χ2v) is 10.2. The van der Waals surface area contributed by atoms with Crippen molar-refractivity contribution < 1.29 is 13.2 Å². The van der Waals surface area contributed by atoms with Crippen molar-refractivity contribution in [3.63, 3.8) is 0 Å². The van der Waals surface area contributed by atoms with Crippen molar-refractivity contribution in [2.75, 3.05) is 18.1 Å². The van der Waals surface area contributed by atoms with E-state index in [1.165, 1.54) is 4.31 Å². The van der Waals surface area contributed by atoms with E-state index >= 15 is 0 Å². The first-order valence-electron chi connectivity index (χ1n) is 9.84. The summed E-state index contributed by atoms with van der Waals surface area (Å²) < 4.78 is 27.9. The third kappa shape index (κ3) is 6.19. The summed E-state index contributed by atoms with van der Waals surface area (Å²) in [4.78, 5) is 14.0. The Kier molecular flexibility index (Phi) is 7.54. The van der Waals surface area contributed by atoms with Gasteiger partial charge in [0, 0.05) is 17.1 Å². The summed E-state index contributed by atoms with van der Waals surface area (Å²) in [6.07, 6.45) is 1.96. The van der Waals surface area contributed by atoms with Crippen LogP contribution in [0, 0.1) is 13.8 Å². The Bertz CT molecular complexity index is 1140. The van der Waals surface area contributed by atoms with Crippen molar-refractivity contribution in [1.29, 1.82) is 0 Å². The fourth-order valence-electron chi connectivity index (χ4n) is 3.04. The number of thioether (sulfide) groups is 1. The Balaban J connectivity index is 1.86. The smallest absolute Gasteiger partial charge is 0.243 e. The number of anilines is 1. The van der Waals surface area contributed by atoms with Gasteiger partial charge >= 0.3 is 0 Å². The van der Waals surface area contributed by atoms with Crippen LogP contribution in [0.1, 0.15) is 16.7 Å².